The van der Waals surface area contributed by atoms with E-state index in [2.05, 4.69) is 29.3 Å². The van der Waals surface area contributed by atoms with Crippen molar-refractivity contribution < 1.29 is 14.3 Å². The lowest BCUT2D eigenvalue weighted by atomic mass is 9.94. The summed E-state index contributed by atoms with van der Waals surface area (Å²) in [5.74, 6) is 0.552. The van der Waals surface area contributed by atoms with Crippen molar-refractivity contribution in [2.24, 2.45) is 5.92 Å². The molecule has 5 nitrogen and oxygen atoms in total. The summed E-state index contributed by atoms with van der Waals surface area (Å²) in [6, 6.07) is 8.45. The summed E-state index contributed by atoms with van der Waals surface area (Å²) in [7, 11) is 1.80. The minimum atomic E-state index is 0.0853. The van der Waals surface area contributed by atoms with Crippen LogP contribution in [0.25, 0.3) is 0 Å². The molecule has 1 saturated heterocycles. The number of hydrogen-bond donors (Lipinski definition) is 1. The second kappa shape index (κ2) is 8.79. The molecule has 1 aliphatic carbocycles. The number of carbonyl (C=O) groups excluding carboxylic acids is 1. The van der Waals surface area contributed by atoms with Gasteiger partial charge < -0.3 is 14.8 Å². The quantitative estimate of drug-likeness (QED) is 0.857. The minimum Gasteiger partial charge on any atom is -0.381 e. The normalized spacial score (nSPS) is 27.4. The Bertz CT molecular complexity index is 578. The molecule has 1 N–H and O–H groups in total. The van der Waals surface area contributed by atoms with Crippen molar-refractivity contribution in [3.05, 3.63) is 35.4 Å². The molecule has 2 fully saturated rings. The number of benzene rings is 1. The van der Waals surface area contributed by atoms with Crippen LogP contribution in [-0.4, -0.2) is 56.4 Å². The van der Waals surface area contributed by atoms with Gasteiger partial charge in [0.15, 0.2) is 0 Å². The van der Waals surface area contributed by atoms with Crippen molar-refractivity contribution in [2.45, 2.75) is 44.9 Å². The van der Waals surface area contributed by atoms with Gasteiger partial charge in [-0.1, -0.05) is 30.7 Å². The number of carbonyl (C=O) groups is 1. The number of rotatable bonds is 6. The molecular formula is C20H30N2O3. The third kappa shape index (κ3) is 4.60. The Hall–Kier alpha value is -1.43. The first-order valence-electron chi connectivity index (χ1n) is 9.35. The summed E-state index contributed by atoms with van der Waals surface area (Å²) >= 11 is 0. The molecule has 0 aromatic heterocycles. The van der Waals surface area contributed by atoms with Crippen LogP contribution < -0.4 is 5.32 Å². The molecule has 0 bridgehead atoms. The fraction of sp³-hybridized carbons (Fsp3) is 0.650. The molecule has 1 aromatic carbocycles. The number of ether oxygens (including phenoxy) is 2. The highest BCUT2D eigenvalue weighted by Crippen LogP contribution is 2.33. The Labute approximate surface area is 150 Å². The first-order chi connectivity index (χ1) is 12.2. The monoisotopic (exact) mass is 346 g/mol. The van der Waals surface area contributed by atoms with Crippen molar-refractivity contribution in [3.63, 3.8) is 0 Å². The van der Waals surface area contributed by atoms with Gasteiger partial charge in [0.05, 0.1) is 25.9 Å². The molecule has 2 aliphatic rings. The zero-order chi connectivity index (χ0) is 17.6. The fourth-order valence-electron chi connectivity index (χ4n) is 4.18. The number of methoxy groups -OCH3 is 1. The lowest BCUT2D eigenvalue weighted by Gasteiger charge is -2.40. The molecule has 5 heteroatoms. The van der Waals surface area contributed by atoms with Crippen LogP contribution >= 0.6 is 0 Å². The maximum absolute atomic E-state index is 12.5. The molecule has 1 heterocycles. The van der Waals surface area contributed by atoms with E-state index in [1.165, 1.54) is 17.5 Å². The summed E-state index contributed by atoms with van der Waals surface area (Å²) in [5, 5.41) is 3.07. The van der Waals surface area contributed by atoms with Gasteiger partial charge in [0.1, 0.15) is 0 Å². The predicted octanol–water partition coefficient (Wildman–Crippen LogP) is 2.13. The van der Waals surface area contributed by atoms with Crippen molar-refractivity contribution in [3.8, 4) is 0 Å². The Balaban J connectivity index is 1.56. The first kappa shape index (κ1) is 18.4. The van der Waals surface area contributed by atoms with E-state index in [1.54, 1.807) is 7.11 Å². The first-order valence-corrected chi connectivity index (χ1v) is 9.35. The predicted molar refractivity (Wildman–Crippen MR) is 97.3 cm³/mol. The second-order valence-corrected chi connectivity index (χ2v) is 7.18. The van der Waals surface area contributed by atoms with E-state index in [1.807, 2.05) is 12.1 Å². The zero-order valence-electron chi connectivity index (χ0n) is 15.4. The van der Waals surface area contributed by atoms with Crippen molar-refractivity contribution >= 4 is 5.91 Å². The maximum Gasteiger partial charge on any atom is 0.234 e. The largest absolute Gasteiger partial charge is 0.381 e. The number of nitrogens with zero attached hydrogens (tertiary/aromatic N) is 1. The number of amides is 1. The molecule has 3 rings (SSSR count). The molecule has 138 valence electrons. The van der Waals surface area contributed by atoms with Gasteiger partial charge in [0.2, 0.25) is 5.91 Å². The molecular weight excluding hydrogens is 316 g/mol. The van der Waals surface area contributed by atoms with Gasteiger partial charge in [-0.15, -0.1) is 0 Å². The average molecular weight is 346 g/mol. The molecule has 3 atom stereocenters. The summed E-state index contributed by atoms with van der Waals surface area (Å²) < 4.78 is 11.4. The molecule has 1 aromatic rings. The maximum atomic E-state index is 12.5. The van der Waals surface area contributed by atoms with Crippen LogP contribution in [0.2, 0.25) is 0 Å². The SMILES string of the molecule is CO[C@@H]1CCC[C@@H]1[C@@H]1COCCN1CC(=O)NCc1ccccc1C. The molecule has 1 amide bonds. The molecule has 0 unspecified atom stereocenters. The summed E-state index contributed by atoms with van der Waals surface area (Å²) in [5.41, 5.74) is 2.38. The Morgan fingerprint density at radius 3 is 3.00 bits per heavy atom. The Morgan fingerprint density at radius 2 is 2.20 bits per heavy atom. The molecule has 25 heavy (non-hydrogen) atoms. The highest BCUT2D eigenvalue weighted by Gasteiger charge is 2.38. The Kier molecular flexibility index (Phi) is 6.45. The van der Waals surface area contributed by atoms with Crippen molar-refractivity contribution in [1.82, 2.24) is 10.2 Å². The summed E-state index contributed by atoms with van der Waals surface area (Å²) in [6.07, 6.45) is 3.77. The number of hydrogen-bond acceptors (Lipinski definition) is 4. The van der Waals surface area contributed by atoms with Gasteiger partial charge in [0.25, 0.3) is 0 Å². The van der Waals surface area contributed by atoms with Gasteiger partial charge in [-0.05, 0) is 30.9 Å². The van der Waals surface area contributed by atoms with Crippen LogP contribution in [0.5, 0.6) is 0 Å². The van der Waals surface area contributed by atoms with E-state index in [9.17, 15) is 4.79 Å². The van der Waals surface area contributed by atoms with E-state index in [4.69, 9.17) is 9.47 Å². The van der Waals surface area contributed by atoms with Gasteiger partial charge in [0, 0.05) is 32.2 Å². The van der Waals surface area contributed by atoms with Crippen LogP contribution in [0.15, 0.2) is 24.3 Å². The third-order valence-electron chi connectivity index (χ3n) is 5.67. The van der Waals surface area contributed by atoms with Crippen LogP contribution in [0.4, 0.5) is 0 Å². The van der Waals surface area contributed by atoms with Crippen LogP contribution in [0, 0.1) is 12.8 Å². The zero-order valence-corrected chi connectivity index (χ0v) is 15.4. The molecule has 1 saturated carbocycles. The number of aryl methyl sites for hydroxylation is 1. The number of morpholine rings is 1. The average Bonchev–Trinajstić information content (AvgIpc) is 3.10. The Morgan fingerprint density at radius 1 is 1.36 bits per heavy atom. The smallest absolute Gasteiger partial charge is 0.234 e. The van der Waals surface area contributed by atoms with E-state index >= 15 is 0 Å². The number of nitrogens with one attached hydrogen (secondary N) is 1. The van der Waals surface area contributed by atoms with E-state index in [0.29, 0.717) is 38.3 Å². The van der Waals surface area contributed by atoms with Crippen LogP contribution in [0.1, 0.15) is 30.4 Å². The van der Waals surface area contributed by atoms with Crippen LogP contribution in [-0.2, 0) is 20.8 Å². The molecule has 1 aliphatic heterocycles. The highest BCUT2D eigenvalue weighted by molar-refractivity contribution is 5.78. The molecule has 0 spiro atoms. The van der Waals surface area contributed by atoms with Gasteiger partial charge in [-0.3, -0.25) is 9.69 Å². The lowest BCUT2D eigenvalue weighted by molar-refractivity contribution is -0.126. The topological polar surface area (TPSA) is 50.8 Å². The second-order valence-electron chi connectivity index (χ2n) is 7.18. The standard InChI is InChI=1S/C20H30N2O3/c1-15-6-3-4-7-16(15)12-21-20(23)13-22-10-11-25-14-18(22)17-8-5-9-19(17)24-2/h3-4,6-7,17-19H,5,8-14H2,1-2H3,(H,21,23)/t17-,18+,19-/m1/s1. The van der Waals surface area contributed by atoms with E-state index < -0.39 is 0 Å². The van der Waals surface area contributed by atoms with Gasteiger partial charge >= 0.3 is 0 Å². The van der Waals surface area contributed by atoms with Gasteiger partial charge in [-0.2, -0.15) is 0 Å². The fourth-order valence-corrected chi connectivity index (χ4v) is 4.18. The minimum absolute atomic E-state index is 0.0853. The summed E-state index contributed by atoms with van der Waals surface area (Å²) in [6.45, 7) is 5.32. The molecule has 0 radical (unpaired) electrons. The lowest BCUT2D eigenvalue weighted by Crippen LogP contribution is -2.54. The van der Waals surface area contributed by atoms with Crippen molar-refractivity contribution in [2.75, 3.05) is 33.4 Å². The van der Waals surface area contributed by atoms with E-state index in [-0.39, 0.29) is 11.9 Å². The van der Waals surface area contributed by atoms with Crippen molar-refractivity contribution in [1.29, 1.82) is 0 Å². The third-order valence-corrected chi connectivity index (χ3v) is 5.67. The van der Waals surface area contributed by atoms with Crippen LogP contribution in [0.3, 0.4) is 0 Å². The summed E-state index contributed by atoms with van der Waals surface area (Å²) in [4.78, 5) is 14.8. The van der Waals surface area contributed by atoms with Gasteiger partial charge in [-0.25, -0.2) is 0 Å². The highest BCUT2D eigenvalue weighted by atomic mass is 16.5. The van der Waals surface area contributed by atoms with E-state index in [0.717, 1.165) is 19.4 Å².